The van der Waals surface area contributed by atoms with Crippen LogP contribution in [0.4, 0.5) is 0 Å². The third kappa shape index (κ3) is 3.90. The van der Waals surface area contributed by atoms with E-state index >= 15 is 0 Å². The van der Waals surface area contributed by atoms with Gasteiger partial charge >= 0.3 is 5.97 Å². The van der Waals surface area contributed by atoms with Gasteiger partial charge in [-0.15, -0.1) is 0 Å². The van der Waals surface area contributed by atoms with E-state index in [0.717, 1.165) is 0 Å². The van der Waals surface area contributed by atoms with Crippen molar-refractivity contribution in [1.29, 1.82) is 0 Å². The zero-order valence-electron chi connectivity index (χ0n) is 10.1. The summed E-state index contributed by atoms with van der Waals surface area (Å²) in [6.07, 6.45) is 0.0217. The molecule has 1 amide bonds. The van der Waals surface area contributed by atoms with Crippen LogP contribution in [0.15, 0.2) is 10.6 Å². The molecule has 1 heterocycles. The highest BCUT2D eigenvalue weighted by molar-refractivity contribution is 5.84. The molecular formula is C11H16N2O4. The SMILES string of the molecule is Cc1cc(CC(=O)N[C@@H](C(=O)O)C(C)C)no1. The number of nitrogens with one attached hydrogen (secondary N) is 1. The maximum Gasteiger partial charge on any atom is 0.326 e. The summed E-state index contributed by atoms with van der Waals surface area (Å²) < 4.78 is 4.82. The van der Waals surface area contributed by atoms with Crippen LogP contribution in [0.5, 0.6) is 0 Å². The van der Waals surface area contributed by atoms with Crippen LogP contribution in [0.2, 0.25) is 0 Å². The number of nitrogens with zero attached hydrogens (tertiary/aromatic N) is 1. The molecule has 1 rings (SSSR count). The smallest absolute Gasteiger partial charge is 0.326 e. The second-order valence-corrected chi connectivity index (χ2v) is 4.23. The number of amides is 1. The molecule has 17 heavy (non-hydrogen) atoms. The van der Waals surface area contributed by atoms with Crippen LogP contribution in [0, 0.1) is 12.8 Å². The number of aliphatic carboxylic acids is 1. The Hall–Kier alpha value is -1.85. The van der Waals surface area contributed by atoms with Gasteiger partial charge in [0, 0.05) is 6.07 Å². The van der Waals surface area contributed by atoms with E-state index in [2.05, 4.69) is 10.5 Å². The zero-order chi connectivity index (χ0) is 13.0. The summed E-state index contributed by atoms with van der Waals surface area (Å²) in [7, 11) is 0. The molecule has 0 spiro atoms. The van der Waals surface area contributed by atoms with Crippen molar-refractivity contribution in [3.8, 4) is 0 Å². The summed E-state index contributed by atoms with van der Waals surface area (Å²) in [6.45, 7) is 5.20. The molecule has 1 aromatic rings. The molecule has 0 aromatic carbocycles. The summed E-state index contributed by atoms with van der Waals surface area (Å²) in [4.78, 5) is 22.5. The maximum absolute atomic E-state index is 11.6. The first-order valence-corrected chi connectivity index (χ1v) is 5.34. The van der Waals surface area contributed by atoms with Crippen molar-refractivity contribution in [2.24, 2.45) is 5.92 Å². The monoisotopic (exact) mass is 240 g/mol. The third-order valence-corrected chi connectivity index (χ3v) is 2.27. The lowest BCUT2D eigenvalue weighted by atomic mass is 10.0. The number of hydrogen-bond acceptors (Lipinski definition) is 4. The van der Waals surface area contributed by atoms with Crippen molar-refractivity contribution in [1.82, 2.24) is 10.5 Å². The minimum atomic E-state index is -1.04. The molecule has 0 radical (unpaired) electrons. The van der Waals surface area contributed by atoms with Crippen molar-refractivity contribution in [2.75, 3.05) is 0 Å². The topological polar surface area (TPSA) is 92.4 Å². The molecule has 2 N–H and O–H groups in total. The van der Waals surface area contributed by atoms with Crippen molar-refractivity contribution in [3.63, 3.8) is 0 Å². The first kappa shape index (κ1) is 13.2. The van der Waals surface area contributed by atoms with Gasteiger partial charge in [-0.1, -0.05) is 19.0 Å². The lowest BCUT2D eigenvalue weighted by Gasteiger charge is -2.17. The Morgan fingerprint density at radius 1 is 1.53 bits per heavy atom. The Balaban J connectivity index is 2.56. The molecule has 0 aliphatic carbocycles. The molecule has 0 unspecified atom stereocenters. The molecule has 0 aliphatic heterocycles. The van der Waals surface area contributed by atoms with E-state index in [1.165, 1.54) is 0 Å². The highest BCUT2D eigenvalue weighted by Crippen LogP contribution is 2.05. The van der Waals surface area contributed by atoms with Crippen molar-refractivity contribution in [2.45, 2.75) is 33.2 Å². The normalized spacial score (nSPS) is 12.5. The van der Waals surface area contributed by atoms with Gasteiger partial charge in [0.1, 0.15) is 11.8 Å². The minimum Gasteiger partial charge on any atom is -0.480 e. The molecule has 6 nitrogen and oxygen atoms in total. The first-order chi connectivity index (χ1) is 7.90. The van der Waals surface area contributed by atoms with Crippen LogP contribution in [-0.2, 0) is 16.0 Å². The van der Waals surface area contributed by atoms with Crippen LogP contribution in [0.25, 0.3) is 0 Å². The van der Waals surface area contributed by atoms with Crippen LogP contribution in [0.3, 0.4) is 0 Å². The number of carbonyl (C=O) groups excluding carboxylic acids is 1. The van der Waals surface area contributed by atoms with E-state index in [1.807, 2.05) is 0 Å². The van der Waals surface area contributed by atoms with Crippen LogP contribution in [0.1, 0.15) is 25.3 Å². The molecule has 1 atom stereocenters. The lowest BCUT2D eigenvalue weighted by Crippen LogP contribution is -2.44. The number of aryl methyl sites for hydroxylation is 1. The Kier molecular flexibility index (Phi) is 4.25. The van der Waals surface area contributed by atoms with Crippen molar-refractivity contribution in [3.05, 3.63) is 17.5 Å². The maximum atomic E-state index is 11.6. The van der Waals surface area contributed by atoms with E-state index in [1.54, 1.807) is 26.8 Å². The van der Waals surface area contributed by atoms with Crippen LogP contribution < -0.4 is 5.32 Å². The Bertz CT molecular complexity index is 411. The van der Waals surface area contributed by atoms with E-state index in [4.69, 9.17) is 9.63 Å². The number of hydrogen-bond donors (Lipinski definition) is 2. The van der Waals surface area contributed by atoms with Gasteiger partial charge in [0.15, 0.2) is 0 Å². The molecular weight excluding hydrogens is 224 g/mol. The molecule has 0 saturated carbocycles. The number of carboxylic acids is 1. The Morgan fingerprint density at radius 2 is 2.18 bits per heavy atom. The van der Waals surface area contributed by atoms with Gasteiger partial charge in [0.2, 0.25) is 5.91 Å². The zero-order valence-corrected chi connectivity index (χ0v) is 10.1. The number of rotatable bonds is 5. The first-order valence-electron chi connectivity index (χ1n) is 5.34. The molecule has 1 aromatic heterocycles. The molecule has 0 aliphatic rings. The summed E-state index contributed by atoms with van der Waals surface area (Å²) in [5.74, 6) is -0.967. The van der Waals surface area contributed by atoms with Crippen molar-refractivity contribution < 1.29 is 19.2 Å². The average molecular weight is 240 g/mol. The van der Waals surface area contributed by atoms with E-state index < -0.39 is 12.0 Å². The lowest BCUT2D eigenvalue weighted by molar-refractivity contribution is -0.143. The summed E-state index contributed by atoms with van der Waals surface area (Å²) in [5, 5.41) is 15.0. The summed E-state index contributed by atoms with van der Waals surface area (Å²) in [6, 6.07) is 0.764. The van der Waals surface area contributed by atoms with Gasteiger partial charge < -0.3 is 14.9 Å². The molecule has 94 valence electrons. The quantitative estimate of drug-likeness (QED) is 0.792. The van der Waals surface area contributed by atoms with Gasteiger partial charge in [0.25, 0.3) is 0 Å². The fourth-order valence-electron chi connectivity index (χ4n) is 1.40. The van der Waals surface area contributed by atoms with Gasteiger partial charge in [-0.05, 0) is 12.8 Å². The Morgan fingerprint density at radius 3 is 2.59 bits per heavy atom. The highest BCUT2D eigenvalue weighted by Gasteiger charge is 2.23. The summed E-state index contributed by atoms with van der Waals surface area (Å²) >= 11 is 0. The van der Waals surface area contributed by atoms with Gasteiger partial charge in [0.05, 0.1) is 12.1 Å². The molecule has 0 fully saturated rings. The standard InChI is InChI=1S/C11H16N2O4/c1-6(2)10(11(15)16)12-9(14)5-8-4-7(3)17-13-8/h4,6,10H,5H2,1-3H3,(H,12,14)(H,15,16)/t10-/m1/s1. The van der Waals surface area contributed by atoms with Crippen LogP contribution in [-0.4, -0.2) is 28.2 Å². The molecule has 0 saturated heterocycles. The number of carbonyl (C=O) groups is 2. The van der Waals surface area contributed by atoms with Crippen LogP contribution >= 0.6 is 0 Å². The fraction of sp³-hybridized carbons (Fsp3) is 0.545. The number of carboxylic acid groups (broad SMARTS) is 1. The third-order valence-electron chi connectivity index (χ3n) is 2.27. The predicted molar refractivity (Wildman–Crippen MR) is 59.3 cm³/mol. The largest absolute Gasteiger partial charge is 0.480 e. The second kappa shape index (κ2) is 5.47. The minimum absolute atomic E-state index is 0.0217. The molecule has 0 bridgehead atoms. The average Bonchev–Trinajstić information content (AvgIpc) is 2.59. The van der Waals surface area contributed by atoms with Crippen molar-refractivity contribution >= 4 is 11.9 Å². The molecule has 6 heteroatoms. The van der Waals surface area contributed by atoms with E-state index in [0.29, 0.717) is 11.5 Å². The summed E-state index contributed by atoms with van der Waals surface area (Å²) in [5.41, 5.74) is 0.493. The van der Waals surface area contributed by atoms with E-state index in [9.17, 15) is 9.59 Å². The van der Waals surface area contributed by atoms with Gasteiger partial charge in [-0.2, -0.15) is 0 Å². The second-order valence-electron chi connectivity index (χ2n) is 4.23. The highest BCUT2D eigenvalue weighted by atomic mass is 16.5. The van der Waals surface area contributed by atoms with Gasteiger partial charge in [-0.25, -0.2) is 4.79 Å². The van der Waals surface area contributed by atoms with E-state index in [-0.39, 0.29) is 18.2 Å². The fourth-order valence-corrected chi connectivity index (χ4v) is 1.40. The predicted octanol–water partition coefficient (Wildman–Crippen LogP) is 0.751. The van der Waals surface area contributed by atoms with Gasteiger partial charge in [-0.3, -0.25) is 4.79 Å². The number of aromatic nitrogens is 1. The Labute approximate surface area is 99.0 Å².